The zero-order chi connectivity index (χ0) is 13.9. The molecule has 0 aliphatic carbocycles. The molecule has 1 aliphatic rings. The molecule has 1 fully saturated rings. The first kappa shape index (κ1) is 13.2. The maximum Gasteiger partial charge on any atom is 0.287 e. The molecule has 1 amide bonds. The van der Waals surface area contributed by atoms with Crippen molar-refractivity contribution >= 4 is 16.9 Å². The van der Waals surface area contributed by atoms with Gasteiger partial charge in [0.25, 0.3) is 5.91 Å². The van der Waals surface area contributed by atoms with Gasteiger partial charge in [-0.25, -0.2) is 0 Å². The molecule has 0 bridgehead atoms. The lowest BCUT2D eigenvalue weighted by atomic mass is 10.1. The van der Waals surface area contributed by atoms with Gasteiger partial charge >= 0.3 is 0 Å². The van der Waals surface area contributed by atoms with Crippen molar-refractivity contribution in [3.05, 3.63) is 35.6 Å². The largest absolute Gasteiger partial charge is 0.451 e. The standard InChI is InChI=1S/C16H20N2O2/c1-11-4-5-14-12(9-11)10-15(20-14)16(19)18-8-6-13-3-2-7-17-13/h4-5,9-10,13,17H,2-3,6-8H2,1H3,(H,18,19)/t13-/m0/s1. The van der Waals surface area contributed by atoms with Crippen LogP contribution in [0.4, 0.5) is 0 Å². The summed E-state index contributed by atoms with van der Waals surface area (Å²) in [7, 11) is 0. The number of amides is 1. The highest BCUT2D eigenvalue weighted by Gasteiger charge is 2.15. The SMILES string of the molecule is Cc1ccc2oc(C(=O)NCC[C@@H]3CCCN3)cc2c1. The molecular formula is C16H20N2O2. The van der Waals surface area contributed by atoms with E-state index in [-0.39, 0.29) is 5.91 Å². The van der Waals surface area contributed by atoms with Gasteiger partial charge in [0.1, 0.15) is 5.58 Å². The Morgan fingerprint density at radius 2 is 2.35 bits per heavy atom. The van der Waals surface area contributed by atoms with Crippen molar-refractivity contribution in [1.29, 1.82) is 0 Å². The van der Waals surface area contributed by atoms with Crippen molar-refractivity contribution in [2.75, 3.05) is 13.1 Å². The Balaban J connectivity index is 1.60. The number of carbonyl (C=O) groups excluding carboxylic acids is 1. The molecule has 1 saturated heterocycles. The Morgan fingerprint density at radius 3 is 3.15 bits per heavy atom. The summed E-state index contributed by atoms with van der Waals surface area (Å²) in [4.78, 5) is 12.0. The van der Waals surface area contributed by atoms with Crippen LogP contribution in [0.3, 0.4) is 0 Å². The fraction of sp³-hybridized carbons (Fsp3) is 0.438. The van der Waals surface area contributed by atoms with Crippen LogP contribution in [0.5, 0.6) is 0 Å². The lowest BCUT2D eigenvalue weighted by Crippen LogP contribution is -2.30. The maximum absolute atomic E-state index is 12.0. The Hall–Kier alpha value is -1.81. The van der Waals surface area contributed by atoms with Gasteiger partial charge in [0.05, 0.1) is 0 Å². The van der Waals surface area contributed by atoms with Gasteiger partial charge in [-0.1, -0.05) is 11.6 Å². The third kappa shape index (κ3) is 2.85. The fourth-order valence-electron chi connectivity index (χ4n) is 2.72. The quantitative estimate of drug-likeness (QED) is 0.899. The van der Waals surface area contributed by atoms with E-state index in [0.29, 0.717) is 18.3 Å². The zero-order valence-electron chi connectivity index (χ0n) is 11.7. The summed E-state index contributed by atoms with van der Waals surface area (Å²) in [6.45, 7) is 3.81. The highest BCUT2D eigenvalue weighted by molar-refractivity contribution is 5.96. The Morgan fingerprint density at radius 1 is 1.45 bits per heavy atom. The first-order valence-electron chi connectivity index (χ1n) is 7.24. The molecule has 2 heterocycles. The van der Waals surface area contributed by atoms with Gasteiger partial charge in [-0.05, 0) is 50.9 Å². The second-order valence-corrected chi connectivity index (χ2v) is 5.49. The van der Waals surface area contributed by atoms with Crippen LogP contribution in [0.15, 0.2) is 28.7 Å². The number of benzene rings is 1. The zero-order valence-corrected chi connectivity index (χ0v) is 11.7. The third-order valence-corrected chi connectivity index (χ3v) is 3.84. The van der Waals surface area contributed by atoms with Gasteiger partial charge in [0.15, 0.2) is 5.76 Å². The van der Waals surface area contributed by atoms with Gasteiger partial charge in [-0.2, -0.15) is 0 Å². The minimum Gasteiger partial charge on any atom is -0.451 e. The van der Waals surface area contributed by atoms with Crippen molar-refractivity contribution < 1.29 is 9.21 Å². The highest BCUT2D eigenvalue weighted by atomic mass is 16.3. The summed E-state index contributed by atoms with van der Waals surface area (Å²) in [6, 6.07) is 8.28. The lowest BCUT2D eigenvalue weighted by Gasteiger charge is -2.09. The number of hydrogen-bond donors (Lipinski definition) is 2. The van der Waals surface area contributed by atoms with Gasteiger partial charge in [0.2, 0.25) is 0 Å². The molecule has 1 aromatic carbocycles. The Bertz CT molecular complexity index is 612. The van der Waals surface area contributed by atoms with E-state index in [9.17, 15) is 4.79 Å². The van der Waals surface area contributed by atoms with Crippen LogP contribution in [-0.2, 0) is 0 Å². The van der Waals surface area contributed by atoms with Crippen LogP contribution in [0, 0.1) is 6.92 Å². The summed E-state index contributed by atoms with van der Waals surface area (Å²) < 4.78 is 5.58. The number of hydrogen-bond acceptors (Lipinski definition) is 3. The molecule has 4 heteroatoms. The van der Waals surface area contributed by atoms with Crippen LogP contribution in [0.1, 0.15) is 35.4 Å². The molecule has 0 radical (unpaired) electrons. The van der Waals surface area contributed by atoms with Crippen molar-refractivity contribution in [1.82, 2.24) is 10.6 Å². The average Bonchev–Trinajstić information content (AvgIpc) is 3.06. The van der Waals surface area contributed by atoms with E-state index in [1.807, 2.05) is 31.2 Å². The first-order valence-corrected chi connectivity index (χ1v) is 7.24. The van der Waals surface area contributed by atoms with Crippen molar-refractivity contribution in [2.45, 2.75) is 32.2 Å². The van der Waals surface area contributed by atoms with Gasteiger partial charge < -0.3 is 15.1 Å². The molecule has 3 rings (SSSR count). The summed E-state index contributed by atoms with van der Waals surface area (Å²) in [5.41, 5.74) is 1.93. The number of furan rings is 1. The molecule has 1 aromatic heterocycles. The lowest BCUT2D eigenvalue weighted by molar-refractivity contribution is 0.0927. The van der Waals surface area contributed by atoms with Crippen LogP contribution >= 0.6 is 0 Å². The van der Waals surface area contributed by atoms with Crippen molar-refractivity contribution in [3.63, 3.8) is 0 Å². The molecule has 0 unspecified atom stereocenters. The molecular weight excluding hydrogens is 252 g/mol. The molecule has 2 aromatic rings. The van der Waals surface area contributed by atoms with Crippen LogP contribution in [0.25, 0.3) is 11.0 Å². The van der Waals surface area contributed by atoms with E-state index < -0.39 is 0 Å². The van der Waals surface area contributed by atoms with Crippen LogP contribution in [0.2, 0.25) is 0 Å². The minimum absolute atomic E-state index is 0.128. The summed E-state index contributed by atoms with van der Waals surface area (Å²) in [5.74, 6) is 0.266. The molecule has 1 atom stereocenters. The summed E-state index contributed by atoms with van der Waals surface area (Å²) in [5, 5.41) is 7.33. The van der Waals surface area contributed by atoms with Crippen molar-refractivity contribution in [3.8, 4) is 0 Å². The van der Waals surface area contributed by atoms with E-state index in [2.05, 4.69) is 10.6 Å². The van der Waals surface area contributed by atoms with E-state index in [1.165, 1.54) is 12.8 Å². The minimum atomic E-state index is -0.128. The predicted molar refractivity (Wildman–Crippen MR) is 78.9 cm³/mol. The number of rotatable bonds is 4. The first-order chi connectivity index (χ1) is 9.72. The topological polar surface area (TPSA) is 54.3 Å². The molecule has 1 aliphatic heterocycles. The maximum atomic E-state index is 12.0. The van der Waals surface area contributed by atoms with E-state index in [1.54, 1.807) is 0 Å². The molecule has 0 spiro atoms. The third-order valence-electron chi connectivity index (χ3n) is 3.84. The second kappa shape index (κ2) is 5.67. The molecule has 2 N–H and O–H groups in total. The number of fused-ring (bicyclic) bond motifs is 1. The van der Waals surface area contributed by atoms with Crippen LogP contribution in [-0.4, -0.2) is 25.0 Å². The predicted octanol–water partition coefficient (Wildman–Crippen LogP) is 2.61. The van der Waals surface area contributed by atoms with Crippen molar-refractivity contribution in [2.24, 2.45) is 0 Å². The van der Waals surface area contributed by atoms with Gasteiger partial charge in [-0.15, -0.1) is 0 Å². The molecule has 0 saturated carbocycles. The van der Waals surface area contributed by atoms with Gasteiger partial charge in [0, 0.05) is 18.0 Å². The molecule has 4 nitrogen and oxygen atoms in total. The molecule has 20 heavy (non-hydrogen) atoms. The summed E-state index contributed by atoms with van der Waals surface area (Å²) in [6.07, 6.45) is 3.42. The van der Waals surface area contributed by atoms with Crippen LogP contribution < -0.4 is 10.6 Å². The van der Waals surface area contributed by atoms with Gasteiger partial charge in [-0.3, -0.25) is 4.79 Å². The normalized spacial score (nSPS) is 18.6. The Kier molecular flexibility index (Phi) is 3.74. The smallest absolute Gasteiger partial charge is 0.287 e. The fourth-order valence-corrected chi connectivity index (χ4v) is 2.72. The van der Waals surface area contributed by atoms with E-state index >= 15 is 0 Å². The monoisotopic (exact) mass is 272 g/mol. The average molecular weight is 272 g/mol. The van der Waals surface area contributed by atoms with E-state index in [4.69, 9.17) is 4.42 Å². The number of aryl methyl sites for hydroxylation is 1. The second-order valence-electron chi connectivity index (χ2n) is 5.49. The molecule has 106 valence electrons. The number of nitrogens with one attached hydrogen (secondary N) is 2. The van der Waals surface area contributed by atoms with E-state index in [0.717, 1.165) is 29.5 Å². The Labute approximate surface area is 118 Å². The highest BCUT2D eigenvalue weighted by Crippen LogP contribution is 2.20. The number of carbonyl (C=O) groups is 1. The summed E-state index contributed by atoms with van der Waals surface area (Å²) >= 11 is 0.